The summed E-state index contributed by atoms with van der Waals surface area (Å²) in [5, 5.41) is 0. The summed E-state index contributed by atoms with van der Waals surface area (Å²) in [6.45, 7) is 2.27. The molecule has 3 heteroatoms. The Morgan fingerprint density at radius 3 is 2.05 bits per heavy atom. The molecule has 1 atom stereocenters. The fourth-order valence-corrected chi connectivity index (χ4v) is 2.46. The van der Waals surface area contributed by atoms with Crippen LogP contribution in [-0.2, 0) is 0 Å². The summed E-state index contributed by atoms with van der Waals surface area (Å²) >= 11 is 0. The summed E-state index contributed by atoms with van der Waals surface area (Å²) in [4.78, 5) is 4.03. The molecule has 19 heavy (non-hydrogen) atoms. The summed E-state index contributed by atoms with van der Waals surface area (Å²) in [6.07, 6.45) is 20.5. The second kappa shape index (κ2) is 11.0. The average Bonchev–Trinajstić information content (AvgIpc) is 2.95. The zero-order valence-corrected chi connectivity index (χ0v) is 12.6. The number of hydrogen-bond donors (Lipinski definition) is 1. The zero-order chi connectivity index (χ0) is 13.8. The second-order valence-corrected chi connectivity index (χ2v) is 5.55. The molecule has 0 aliphatic rings. The van der Waals surface area contributed by atoms with E-state index in [0.29, 0.717) is 0 Å². The lowest BCUT2D eigenvalue weighted by Crippen LogP contribution is -2.16. The highest BCUT2D eigenvalue weighted by Gasteiger charge is 2.02. The Kier molecular flexibility index (Phi) is 9.42. The van der Waals surface area contributed by atoms with E-state index in [9.17, 15) is 0 Å². The predicted molar refractivity (Wildman–Crippen MR) is 81.9 cm³/mol. The number of hydrogen-bond acceptors (Lipinski definition) is 2. The largest absolute Gasteiger partial charge is 0.322 e. The standard InChI is InChI=1S/C16H31N3/c1-2-3-4-5-6-7-8-9-10-11-12-16(17)19-14-13-18-15-19/h13-16H,2-12,17H2,1H3. The van der Waals surface area contributed by atoms with Crippen LogP contribution in [0.25, 0.3) is 0 Å². The monoisotopic (exact) mass is 265 g/mol. The van der Waals surface area contributed by atoms with Crippen molar-refractivity contribution in [2.75, 3.05) is 0 Å². The van der Waals surface area contributed by atoms with Crippen LogP contribution < -0.4 is 5.73 Å². The topological polar surface area (TPSA) is 43.8 Å². The van der Waals surface area contributed by atoms with Crippen LogP contribution in [0.15, 0.2) is 18.7 Å². The molecule has 0 saturated carbocycles. The fraction of sp³-hybridized carbons (Fsp3) is 0.812. The van der Waals surface area contributed by atoms with Gasteiger partial charge in [-0.2, -0.15) is 0 Å². The van der Waals surface area contributed by atoms with Gasteiger partial charge in [-0.1, -0.05) is 71.1 Å². The van der Waals surface area contributed by atoms with Gasteiger partial charge in [0, 0.05) is 12.4 Å². The molecular formula is C16H31N3. The molecule has 0 bridgehead atoms. The molecule has 1 aromatic rings. The third-order valence-electron chi connectivity index (χ3n) is 3.76. The highest BCUT2D eigenvalue weighted by Crippen LogP contribution is 2.14. The first-order valence-corrected chi connectivity index (χ1v) is 8.07. The SMILES string of the molecule is CCCCCCCCCCCCC(N)n1ccnc1. The summed E-state index contributed by atoms with van der Waals surface area (Å²) in [6, 6.07) is 0. The molecule has 0 aliphatic heterocycles. The van der Waals surface area contributed by atoms with Crippen molar-refractivity contribution in [1.82, 2.24) is 9.55 Å². The van der Waals surface area contributed by atoms with Gasteiger partial charge in [-0.05, 0) is 6.42 Å². The lowest BCUT2D eigenvalue weighted by molar-refractivity contribution is 0.448. The van der Waals surface area contributed by atoms with E-state index in [1.165, 1.54) is 64.2 Å². The third kappa shape index (κ3) is 8.04. The molecule has 1 heterocycles. The van der Waals surface area contributed by atoms with Crippen LogP contribution in [0.5, 0.6) is 0 Å². The maximum Gasteiger partial charge on any atom is 0.0959 e. The minimum Gasteiger partial charge on any atom is -0.322 e. The summed E-state index contributed by atoms with van der Waals surface area (Å²) in [5.74, 6) is 0. The first-order valence-electron chi connectivity index (χ1n) is 8.07. The van der Waals surface area contributed by atoms with Crippen molar-refractivity contribution >= 4 is 0 Å². The third-order valence-corrected chi connectivity index (χ3v) is 3.76. The van der Waals surface area contributed by atoms with Gasteiger partial charge in [0.1, 0.15) is 0 Å². The molecule has 1 aromatic heterocycles. The molecule has 0 radical (unpaired) electrons. The van der Waals surface area contributed by atoms with Crippen LogP contribution in [0.4, 0.5) is 0 Å². The zero-order valence-electron chi connectivity index (χ0n) is 12.6. The van der Waals surface area contributed by atoms with Gasteiger partial charge in [0.25, 0.3) is 0 Å². The average molecular weight is 265 g/mol. The van der Waals surface area contributed by atoms with Gasteiger partial charge >= 0.3 is 0 Å². The molecular weight excluding hydrogens is 234 g/mol. The molecule has 2 N–H and O–H groups in total. The molecule has 1 rings (SSSR count). The lowest BCUT2D eigenvalue weighted by atomic mass is 10.1. The van der Waals surface area contributed by atoms with Gasteiger partial charge in [-0.3, -0.25) is 0 Å². The summed E-state index contributed by atoms with van der Waals surface area (Å²) in [5.41, 5.74) is 6.07. The van der Waals surface area contributed by atoms with E-state index in [1.54, 1.807) is 12.5 Å². The van der Waals surface area contributed by atoms with Crippen molar-refractivity contribution in [3.63, 3.8) is 0 Å². The fourth-order valence-electron chi connectivity index (χ4n) is 2.46. The van der Waals surface area contributed by atoms with E-state index in [4.69, 9.17) is 5.73 Å². The molecule has 0 saturated heterocycles. The van der Waals surface area contributed by atoms with E-state index in [0.717, 1.165) is 6.42 Å². The maximum atomic E-state index is 6.07. The summed E-state index contributed by atoms with van der Waals surface area (Å²) < 4.78 is 1.99. The van der Waals surface area contributed by atoms with Crippen molar-refractivity contribution in [1.29, 1.82) is 0 Å². The van der Waals surface area contributed by atoms with E-state index in [-0.39, 0.29) is 6.17 Å². The highest BCUT2D eigenvalue weighted by atomic mass is 15.1. The Morgan fingerprint density at radius 2 is 1.53 bits per heavy atom. The van der Waals surface area contributed by atoms with Gasteiger partial charge in [0.05, 0.1) is 12.5 Å². The lowest BCUT2D eigenvalue weighted by Gasteiger charge is -2.12. The second-order valence-electron chi connectivity index (χ2n) is 5.55. The van der Waals surface area contributed by atoms with Crippen LogP contribution in [-0.4, -0.2) is 9.55 Å². The predicted octanol–water partition coefficient (Wildman–Crippen LogP) is 4.65. The highest BCUT2D eigenvalue weighted by molar-refractivity contribution is 4.77. The minimum atomic E-state index is 0.108. The van der Waals surface area contributed by atoms with Gasteiger partial charge in [-0.15, -0.1) is 0 Å². The summed E-state index contributed by atoms with van der Waals surface area (Å²) in [7, 11) is 0. The van der Waals surface area contributed by atoms with Crippen LogP contribution >= 0.6 is 0 Å². The van der Waals surface area contributed by atoms with Crippen molar-refractivity contribution in [2.45, 2.75) is 83.7 Å². The number of imidazole rings is 1. The normalized spacial score (nSPS) is 12.7. The first-order chi connectivity index (χ1) is 9.34. The van der Waals surface area contributed by atoms with Crippen molar-refractivity contribution in [3.05, 3.63) is 18.7 Å². The van der Waals surface area contributed by atoms with Crippen LogP contribution in [0.1, 0.15) is 83.7 Å². The van der Waals surface area contributed by atoms with Crippen LogP contribution in [0, 0.1) is 0 Å². The molecule has 0 amide bonds. The van der Waals surface area contributed by atoms with Gasteiger partial charge in [0.15, 0.2) is 0 Å². The molecule has 0 aromatic carbocycles. The molecule has 3 nitrogen and oxygen atoms in total. The van der Waals surface area contributed by atoms with Gasteiger partial charge in [-0.25, -0.2) is 4.98 Å². The number of nitrogens with zero attached hydrogens (tertiary/aromatic N) is 2. The van der Waals surface area contributed by atoms with Crippen molar-refractivity contribution in [3.8, 4) is 0 Å². The molecule has 0 aliphatic carbocycles. The minimum absolute atomic E-state index is 0.108. The number of aromatic nitrogens is 2. The number of nitrogens with two attached hydrogens (primary N) is 1. The maximum absolute atomic E-state index is 6.07. The number of rotatable bonds is 12. The van der Waals surface area contributed by atoms with Gasteiger partial charge < -0.3 is 10.3 Å². The van der Waals surface area contributed by atoms with Crippen LogP contribution in [0.2, 0.25) is 0 Å². The van der Waals surface area contributed by atoms with Crippen molar-refractivity contribution < 1.29 is 0 Å². The molecule has 0 spiro atoms. The molecule has 110 valence electrons. The smallest absolute Gasteiger partial charge is 0.0959 e. The first kappa shape index (κ1) is 16.2. The van der Waals surface area contributed by atoms with E-state index >= 15 is 0 Å². The van der Waals surface area contributed by atoms with E-state index in [1.807, 2.05) is 10.8 Å². The van der Waals surface area contributed by atoms with E-state index < -0.39 is 0 Å². The Labute approximate surface area is 118 Å². The van der Waals surface area contributed by atoms with E-state index in [2.05, 4.69) is 11.9 Å². The van der Waals surface area contributed by atoms with Crippen molar-refractivity contribution in [2.24, 2.45) is 5.73 Å². The Morgan fingerprint density at radius 1 is 0.947 bits per heavy atom. The van der Waals surface area contributed by atoms with Crippen LogP contribution in [0.3, 0.4) is 0 Å². The quantitative estimate of drug-likeness (QED) is 0.559. The number of unbranched alkanes of at least 4 members (excludes halogenated alkanes) is 9. The Balaban J connectivity index is 1.83. The molecule has 1 unspecified atom stereocenters. The Bertz CT molecular complexity index is 282. The Hall–Kier alpha value is -0.830. The van der Waals surface area contributed by atoms with Gasteiger partial charge in [0.2, 0.25) is 0 Å². The molecule has 0 fully saturated rings.